The monoisotopic (exact) mass is 351 g/mol. The second-order valence-electron chi connectivity index (χ2n) is 5.82. The predicted octanol–water partition coefficient (Wildman–Crippen LogP) is 4.26. The van der Waals surface area contributed by atoms with Gasteiger partial charge in [-0.1, -0.05) is 12.1 Å². The van der Waals surface area contributed by atoms with Crippen molar-refractivity contribution in [3.63, 3.8) is 0 Å². The molecule has 1 atom stereocenters. The number of methoxy groups -OCH3 is 1. The Morgan fingerprint density at radius 2 is 1.80 bits per heavy atom. The van der Waals surface area contributed by atoms with Gasteiger partial charge in [-0.2, -0.15) is 0 Å². The fourth-order valence-electron chi connectivity index (χ4n) is 2.50. The first kappa shape index (κ1) is 18.8. The standard InChI is InChI=1S/C19H20F3NO2/c1-12(14-6-7-15(20)16(21)11-14)23(2)19(24)9-5-13-4-8-18(25-3)17(22)10-13/h4,6-8,10-12H,5,9H2,1-3H3. The Kier molecular flexibility index (Phi) is 6.07. The van der Waals surface area contributed by atoms with Crippen LogP contribution < -0.4 is 4.74 Å². The zero-order valence-corrected chi connectivity index (χ0v) is 14.4. The Bertz CT molecular complexity index is 764. The number of hydrogen-bond acceptors (Lipinski definition) is 2. The molecule has 6 heteroatoms. The van der Waals surface area contributed by atoms with Gasteiger partial charge >= 0.3 is 0 Å². The van der Waals surface area contributed by atoms with Crippen LogP contribution in [0.1, 0.15) is 30.5 Å². The number of amides is 1. The van der Waals surface area contributed by atoms with E-state index in [1.165, 1.54) is 30.2 Å². The Morgan fingerprint density at radius 3 is 2.40 bits per heavy atom. The maximum Gasteiger partial charge on any atom is 0.223 e. The number of benzene rings is 2. The van der Waals surface area contributed by atoms with Crippen molar-refractivity contribution in [1.82, 2.24) is 4.90 Å². The number of aryl methyl sites for hydroxylation is 1. The average Bonchev–Trinajstić information content (AvgIpc) is 2.60. The molecule has 0 fully saturated rings. The molecule has 0 bridgehead atoms. The van der Waals surface area contributed by atoms with Crippen LogP contribution in [-0.4, -0.2) is 25.0 Å². The maximum atomic E-state index is 13.7. The van der Waals surface area contributed by atoms with Crippen molar-refractivity contribution in [1.29, 1.82) is 0 Å². The molecule has 0 aliphatic rings. The summed E-state index contributed by atoms with van der Waals surface area (Å²) in [5.74, 6) is -2.37. The highest BCUT2D eigenvalue weighted by Crippen LogP contribution is 2.23. The van der Waals surface area contributed by atoms with Crippen molar-refractivity contribution in [3.05, 3.63) is 65.0 Å². The molecular weight excluding hydrogens is 331 g/mol. The van der Waals surface area contributed by atoms with Crippen LogP contribution >= 0.6 is 0 Å². The van der Waals surface area contributed by atoms with Gasteiger partial charge in [0.1, 0.15) is 0 Å². The van der Waals surface area contributed by atoms with Crippen molar-refractivity contribution >= 4 is 5.91 Å². The third-order valence-corrected chi connectivity index (χ3v) is 4.24. The number of rotatable bonds is 6. The lowest BCUT2D eigenvalue weighted by Gasteiger charge is -2.25. The first-order valence-electron chi connectivity index (χ1n) is 7.86. The number of halogens is 3. The fourth-order valence-corrected chi connectivity index (χ4v) is 2.50. The van der Waals surface area contributed by atoms with Gasteiger partial charge in [0.25, 0.3) is 0 Å². The van der Waals surface area contributed by atoms with Crippen LogP contribution in [0.15, 0.2) is 36.4 Å². The molecule has 3 nitrogen and oxygen atoms in total. The van der Waals surface area contributed by atoms with Gasteiger partial charge in [0.05, 0.1) is 13.2 Å². The predicted molar refractivity (Wildman–Crippen MR) is 88.8 cm³/mol. The van der Waals surface area contributed by atoms with E-state index >= 15 is 0 Å². The zero-order valence-electron chi connectivity index (χ0n) is 14.4. The van der Waals surface area contributed by atoms with Gasteiger partial charge in [0.15, 0.2) is 23.2 Å². The normalized spacial score (nSPS) is 11.9. The lowest BCUT2D eigenvalue weighted by molar-refractivity contribution is -0.131. The topological polar surface area (TPSA) is 29.5 Å². The number of carbonyl (C=O) groups is 1. The molecule has 0 heterocycles. The molecule has 2 aromatic carbocycles. The maximum absolute atomic E-state index is 13.7. The van der Waals surface area contributed by atoms with Gasteiger partial charge in [0, 0.05) is 13.5 Å². The summed E-state index contributed by atoms with van der Waals surface area (Å²) in [6, 6.07) is 7.73. The van der Waals surface area contributed by atoms with E-state index in [1.54, 1.807) is 20.0 Å². The van der Waals surface area contributed by atoms with Gasteiger partial charge in [-0.25, -0.2) is 13.2 Å². The van der Waals surface area contributed by atoms with Crippen molar-refractivity contribution in [2.45, 2.75) is 25.8 Å². The second-order valence-corrected chi connectivity index (χ2v) is 5.82. The van der Waals surface area contributed by atoms with E-state index in [-0.39, 0.29) is 18.1 Å². The average molecular weight is 351 g/mol. The van der Waals surface area contributed by atoms with Crippen LogP contribution in [0, 0.1) is 17.5 Å². The second kappa shape index (κ2) is 8.05. The molecule has 134 valence electrons. The highest BCUT2D eigenvalue weighted by molar-refractivity contribution is 5.76. The van der Waals surface area contributed by atoms with E-state index in [4.69, 9.17) is 4.74 Å². The summed E-state index contributed by atoms with van der Waals surface area (Å²) in [6.45, 7) is 1.73. The summed E-state index contributed by atoms with van der Waals surface area (Å²) in [5.41, 5.74) is 1.19. The molecule has 25 heavy (non-hydrogen) atoms. The number of ether oxygens (including phenoxy) is 1. The van der Waals surface area contributed by atoms with Crippen LogP contribution in [-0.2, 0) is 11.2 Å². The summed E-state index contributed by atoms with van der Waals surface area (Å²) >= 11 is 0. The summed E-state index contributed by atoms with van der Waals surface area (Å²) in [7, 11) is 2.99. The Morgan fingerprint density at radius 1 is 1.08 bits per heavy atom. The molecular formula is C19H20F3NO2. The van der Waals surface area contributed by atoms with Crippen LogP contribution in [0.3, 0.4) is 0 Å². The summed E-state index contributed by atoms with van der Waals surface area (Å²) in [4.78, 5) is 13.8. The minimum atomic E-state index is -0.945. The molecule has 2 rings (SSSR count). The van der Waals surface area contributed by atoms with Crippen LogP contribution in [0.5, 0.6) is 5.75 Å². The summed E-state index contributed by atoms with van der Waals surface area (Å²) in [5, 5.41) is 0. The van der Waals surface area contributed by atoms with Crippen LogP contribution in [0.2, 0.25) is 0 Å². The number of nitrogens with zero attached hydrogens (tertiary/aromatic N) is 1. The molecule has 0 spiro atoms. The Hall–Kier alpha value is -2.50. The first-order chi connectivity index (χ1) is 11.8. The molecule has 0 N–H and O–H groups in total. The van der Waals surface area contributed by atoms with Crippen molar-refractivity contribution in [2.24, 2.45) is 0 Å². The van der Waals surface area contributed by atoms with Crippen LogP contribution in [0.4, 0.5) is 13.2 Å². The van der Waals surface area contributed by atoms with Gasteiger partial charge in [0.2, 0.25) is 5.91 Å². The molecule has 0 aliphatic carbocycles. The lowest BCUT2D eigenvalue weighted by atomic mass is 10.1. The highest BCUT2D eigenvalue weighted by atomic mass is 19.2. The third kappa shape index (κ3) is 4.53. The SMILES string of the molecule is COc1ccc(CCC(=O)N(C)C(C)c2ccc(F)c(F)c2)cc1F. The van der Waals surface area contributed by atoms with E-state index in [2.05, 4.69) is 0 Å². The van der Waals surface area contributed by atoms with E-state index in [1.807, 2.05) is 0 Å². The molecule has 0 aromatic heterocycles. The Balaban J connectivity index is 1.99. The number of carbonyl (C=O) groups excluding carboxylic acids is 1. The van der Waals surface area contributed by atoms with E-state index in [0.29, 0.717) is 17.5 Å². The van der Waals surface area contributed by atoms with Crippen LogP contribution in [0.25, 0.3) is 0 Å². The lowest BCUT2D eigenvalue weighted by Crippen LogP contribution is -2.29. The molecule has 0 saturated carbocycles. The minimum absolute atomic E-state index is 0.152. The van der Waals surface area contributed by atoms with Gasteiger partial charge < -0.3 is 9.64 Å². The fraction of sp³-hybridized carbons (Fsp3) is 0.316. The van der Waals surface area contributed by atoms with Crippen molar-refractivity contribution in [2.75, 3.05) is 14.2 Å². The zero-order chi connectivity index (χ0) is 18.6. The van der Waals surface area contributed by atoms with Gasteiger partial charge in [-0.3, -0.25) is 4.79 Å². The highest BCUT2D eigenvalue weighted by Gasteiger charge is 2.18. The number of hydrogen-bond donors (Lipinski definition) is 0. The third-order valence-electron chi connectivity index (χ3n) is 4.24. The molecule has 1 unspecified atom stereocenters. The van der Waals surface area contributed by atoms with Crippen molar-refractivity contribution < 1.29 is 22.7 Å². The summed E-state index contributed by atoms with van der Waals surface area (Å²) in [6.07, 6.45) is 0.547. The summed E-state index contributed by atoms with van der Waals surface area (Å²) < 4.78 is 44.9. The molecule has 2 aromatic rings. The molecule has 0 aliphatic heterocycles. The first-order valence-corrected chi connectivity index (χ1v) is 7.86. The van der Waals surface area contributed by atoms with E-state index < -0.39 is 23.5 Å². The molecule has 0 radical (unpaired) electrons. The quantitative estimate of drug-likeness (QED) is 0.778. The smallest absolute Gasteiger partial charge is 0.223 e. The van der Waals surface area contributed by atoms with Gasteiger partial charge in [-0.15, -0.1) is 0 Å². The van der Waals surface area contributed by atoms with Gasteiger partial charge in [-0.05, 0) is 48.7 Å². The van der Waals surface area contributed by atoms with Crippen molar-refractivity contribution in [3.8, 4) is 5.75 Å². The van der Waals surface area contributed by atoms with E-state index in [9.17, 15) is 18.0 Å². The largest absolute Gasteiger partial charge is 0.494 e. The molecule has 0 saturated heterocycles. The minimum Gasteiger partial charge on any atom is -0.494 e. The molecule has 1 amide bonds. The Labute approximate surface area is 145 Å². The van der Waals surface area contributed by atoms with E-state index in [0.717, 1.165) is 12.1 Å².